The van der Waals surface area contributed by atoms with Crippen LogP contribution in [0.5, 0.6) is 5.75 Å². The summed E-state index contributed by atoms with van der Waals surface area (Å²) in [4.78, 5) is 22.8. The molecule has 0 N–H and O–H groups in total. The van der Waals surface area contributed by atoms with E-state index in [0.29, 0.717) is 31.0 Å². The average molecular weight is 323 g/mol. The maximum absolute atomic E-state index is 12.7. The highest BCUT2D eigenvalue weighted by Crippen LogP contribution is 2.21. The molecule has 1 aromatic carbocycles. The van der Waals surface area contributed by atoms with Crippen LogP contribution in [0.15, 0.2) is 41.7 Å². The maximum atomic E-state index is 12.7. The van der Waals surface area contributed by atoms with Crippen LogP contribution in [0.3, 0.4) is 0 Å². The monoisotopic (exact) mass is 323 g/mol. The SMILES string of the molecule is CCCOc1cncc(C(=O)N(C)Cc2cccc3c2CN=C3)c1. The number of aromatic nitrogens is 1. The molecule has 1 aliphatic rings. The van der Waals surface area contributed by atoms with Gasteiger partial charge >= 0.3 is 0 Å². The van der Waals surface area contributed by atoms with Crippen LogP contribution in [-0.2, 0) is 13.1 Å². The highest BCUT2D eigenvalue weighted by atomic mass is 16.5. The number of aliphatic imine (C=N–C) groups is 1. The predicted octanol–water partition coefficient (Wildman–Crippen LogP) is 3.08. The Hall–Kier alpha value is -2.69. The second-order valence-electron chi connectivity index (χ2n) is 5.87. The minimum Gasteiger partial charge on any atom is -0.492 e. The van der Waals surface area contributed by atoms with E-state index in [-0.39, 0.29) is 5.91 Å². The average Bonchev–Trinajstić information content (AvgIpc) is 3.09. The van der Waals surface area contributed by atoms with Gasteiger partial charge in [0.05, 0.1) is 24.9 Å². The molecule has 1 amide bonds. The summed E-state index contributed by atoms with van der Waals surface area (Å²) in [6.07, 6.45) is 6.02. The van der Waals surface area contributed by atoms with Crippen LogP contribution in [0.4, 0.5) is 0 Å². The molecule has 0 spiro atoms. The Labute approximate surface area is 142 Å². The first-order valence-corrected chi connectivity index (χ1v) is 8.13. The summed E-state index contributed by atoms with van der Waals surface area (Å²) < 4.78 is 5.55. The number of carbonyl (C=O) groups excluding carboxylic acids is 1. The lowest BCUT2D eigenvalue weighted by Gasteiger charge is -2.19. The smallest absolute Gasteiger partial charge is 0.255 e. The molecule has 0 unspecified atom stereocenters. The third-order valence-corrected chi connectivity index (χ3v) is 3.98. The molecule has 24 heavy (non-hydrogen) atoms. The van der Waals surface area contributed by atoms with E-state index >= 15 is 0 Å². The van der Waals surface area contributed by atoms with E-state index in [1.165, 1.54) is 5.56 Å². The van der Waals surface area contributed by atoms with Crippen molar-refractivity contribution in [3.63, 3.8) is 0 Å². The number of fused-ring (bicyclic) bond motifs is 1. The van der Waals surface area contributed by atoms with E-state index in [4.69, 9.17) is 4.74 Å². The lowest BCUT2D eigenvalue weighted by Crippen LogP contribution is -2.26. The molecular weight excluding hydrogens is 302 g/mol. The Morgan fingerprint density at radius 3 is 3.04 bits per heavy atom. The van der Waals surface area contributed by atoms with Crippen LogP contribution >= 0.6 is 0 Å². The van der Waals surface area contributed by atoms with Gasteiger partial charge in [-0.25, -0.2) is 0 Å². The van der Waals surface area contributed by atoms with Crippen LogP contribution in [0.2, 0.25) is 0 Å². The standard InChI is InChI=1S/C19H21N3O2/c1-3-7-24-17-8-16(10-20-11-17)19(23)22(2)13-15-6-4-5-14-9-21-12-18(14)15/h4-6,8-11H,3,7,12-13H2,1-2H3. The van der Waals surface area contributed by atoms with Gasteiger partial charge in [0.1, 0.15) is 5.75 Å². The maximum Gasteiger partial charge on any atom is 0.255 e. The molecule has 3 rings (SSSR count). The third-order valence-electron chi connectivity index (χ3n) is 3.98. The quantitative estimate of drug-likeness (QED) is 0.821. The fourth-order valence-electron chi connectivity index (χ4n) is 2.73. The number of nitrogens with zero attached hydrogens (tertiary/aromatic N) is 3. The summed E-state index contributed by atoms with van der Waals surface area (Å²) in [5.41, 5.74) is 4.02. The zero-order valence-corrected chi connectivity index (χ0v) is 14.0. The van der Waals surface area contributed by atoms with E-state index in [1.54, 1.807) is 30.4 Å². The fourth-order valence-corrected chi connectivity index (χ4v) is 2.73. The van der Waals surface area contributed by atoms with Crippen molar-refractivity contribution in [3.05, 3.63) is 58.9 Å². The Balaban J connectivity index is 1.72. The molecule has 0 radical (unpaired) electrons. The van der Waals surface area contributed by atoms with Crippen molar-refractivity contribution in [2.24, 2.45) is 4.99 Å². The van der Waals surface area contributed by atoms with Crippen LogP contribution in [0, 0.1) is 0 Å². The fraction of sp³-hybridized carbons (Fsp3) is 0.316. The molecule has 5 nitrogen and oxygen atoms in total. The summed E-state index contributed by atoms with van der Waals surface area (Å²) in [5, 5.41) is 0. The minimum atomic E-state index is -0.0685. The zero-order chi connectivity index (χ0) is 16.9. The molecule has 0 atom stereocenters. The number of pyridine rings is 1. The summed E-state index contributed by atoms with van der Waals surface area (Å²) in [5.74, 6) is 0.561. The molecule has 124 valence electrons. The highest BCUT2D eigenvalue weighted by molar-refractivity contribution is 5.94. The van der Waals surface area contributed by atoms with Gasteiger partial charge in [0, 0.05) is 26.0 Å². The van der Waals surface area contributed by atoms with Crippen molar-refractivity contribution in [2.75, 3.05) is 13.7 Å². The predicted molar refractivity (Wildman–Crippen MR) is 93.6 cm³/mol. The number of carbonyl (C=O) groups is 1. The summed E-state index contributed by atoms with van der Waals surface area (Å²) in [7, 11) is 1.80. The number of hydrogen-bond acceptors (Lipinski definition) is 4. The number of rotatable bonds is 6. The highest BCUT2D eigenvalue weighted by Gasteiger charge is 2.17. The van der Waals surface area contributed by atoms with Crippen molar-refractivity contribution in [1.29, 1.82) is 0 Å². The number of amides is 1. The van der Waals surface area contributed by atoms with Gasteiger partial charge in [-0.2, -0.15) is 0 Å². The molecule has 0 aliphatic carbocycles. The second-order valence-corrected chi connectivity index (χ2v) is 5.87. The van der Waals surface area contributed by atoms with E-state index in [1.807, 2.05) is 19.2 Å². The normalized spacial score (nSPS) is 12.1. The van der Waals surface area contributed by atoms with Gasteiger partial charge in [0.25, 0.3) is 5.91 Å². The van der Waals surface area contributed by atoms with Crippen LogP contribution in [0.25, 0.3) is 0 Å². The van der Waals surface area contributed by atoms with Gasteiger partial charge in [0.2, 0.25) is 0 Å². The van der Waals surface area contributed by atoms with Crippen molar-refractivity contribution >= 4 is 12.1 Å². The van der Waals surface area contributed by atoms with Gasteiger partial charge in [-0.3, -0.25) is 14.8 Å². The molecule has 0 fully saturated rings. The van der Waals surface area contributed by atoms with Crippen molar-refractivity contribution < 1.29 is 9.53 Å². The van der Waals surface area contributed by atoms with E-state index < -0.39 is 0 Å². The summed E-state index contributed by atoms with van der Waals surface area (Å²) >= 11 is 0. The Bertz CT molecular complexity index is 771. The number of hydrogen-bond donors (Lipinski definition) is 0. The lowest BCUT2D eigenvalue weighted by atomic mass is 10.0. The zero-order valence-electron chi connectivity index (χ0n) is 14.0. The molecule has 1 aromatic heterocycles. The first-order valence-electron chi connectivity index (χ1n) is 8.13. The molecule has 5 heteroatoms. The first-order chi connectivity index (χ1) is 11.7. The van der Waals surface area contributed by atoms with E-state index in [0.717, 1.165) is 17.5 Å². The molecule has 0 saturated heterocycles. The Kier molecular flexibility index (Phi) is 4.89. The molecule has 0 saturated carbocycles. The summed E-state index contributed by atoms with van der Waals surface area (Å²) in [6, 6.07) is 7.86. The lowest BCUT2D eigenvalue weighted by molar-refractivity contribution is 0.0784. The van der Waals surface area contributed by atoms with E-state index in [9.17, 15) is 4.79 Å². The minimum absolute atomic E-state index is 0.0685. The van der Waals surface area contributed by atoms with Crippen molar-refractivity contribution in [1.82, 2.24) is 9.88 Å². The molecular formula is C19H21N3O2. The molecule has 0 bridgehead atoms. The third kappa shape index (κ3) is 3.45. The van der Waals surface area contributed by atoms with Crippen molar-refractivity contribution in [2.45, 2.75) is 26.4 Å². The summed E-state index contributed by atoms with van der Waals surface area (Å²) in [6.45, 7) is 3.89. The van der Waals surface area contributed by atoms with Gasteiger partial charge in [-0.15, -0.1) is 0 Å². The van der Waals surface area contributed by atoms with Crippen LogP contribution in [0.1, 0.15) is 40.4 Å². The number of ether oxygens (including phenoxy) is 1. The van der Waals surface area contributed by atoms with Gasteiger partial charge in [-0.05, 0) is 29.2 Å². The first kappa shape index (κ1) is 16.2. The van der Waals surface area contributed by atoms with Gasteiger partial charge in [-0.1, -0.05) is 25.1 Å². The Morgan fingerprint density at radius 2 is 2.21 bits per heavy atom. The van der Waals surface area contributed by atoms with Crippen LogP contribution < -0.4 is 4.74 Å². The van der Waals surface area contributed by atoms with E-state index in [2.05, 4.69) is 22.1 Å². The van der Waals surface area contributed by atoms with Gasteiger partial charge < -0.3 is 9.64 Å². The van der Waals surface area contributed by atoms with Crippen molar-refractivity contribution in [3.8, 4) is 5.75 Å². The van der Waals surface area contributed by atoms with Crippen LogP contribution in [-0.4, -0.2) is 35.7 Å². The second kappa shape index (κ2) is 7.25. The topological polar surface area (TPSA) is 54.8 Å². The van der Waals surface area contributed by atoms with Gasteiger partial charge in [0.15, 0.2) is 0 Å². The Morgan fingerprint density at radius 1 is 1.33 bits per heavy atom. The number of benzene rings is 1. The molecule has 1 aliphatic heterocycles. The molecule has 2 heterocycles. The largest absolute Gasteiger partial charge is 0.492 e. The molecule has 2 aromatic rings.